The number of aromatic nitrogens is 5. The number of carbonyl (C=O) groups excluding carboxylic acids is 1. The van der Waals surface area contributed by atoms with Gasteiger partial charge >= 0.3 is 0 Å². The van der Waals surface area contributed by atoms with Crippen molar-refractivity contribution in [2.75, 3.05) is 0 Å². The van der Waals surface area contributed by atoms with E-state index in [9.17, 15) is 4.79 Å². The summed E-state index contributed by atoms with van der Waals surface area (Å²) in [4.78, 5) is 20.2. The van der Waals surface area contributed by atoms with Gasteiger partial charge in [0, 0.05) is 13.6 Å². The summed E-state index contributed by atoms with van der Waals surface area (Å²) >= 11 is 0. The molecule has 0 fully saturated rings. The number of hydrogen-bond acceptors (Lipinski definition) is 4. The minimum atomic E-state index is -0.198. The predicted octanol–water partition coefficient (Wildman–Crippen LogP) is 0.913. The van der Waals surface area contributed by atoms with Crippen LogP contribution in [0.2, 0.25) is 0 Å². The molecule has 2 heterocycles. The smallest absolute Gasteiger partial charge is 0.270 e. The topological polar surface area (TPSA) is 77.6 Å². The van der Waals surface area contributed by atoms with Crippen LogP contribution in [0, 0.1) is 0 Å². The fraction of sp³-hybridized carbons (Fsp3) is 0.500. The molecule has 2 aromatic heterocycles. The van der Waals surface area contributed by atoms with Crippen LogP contribution >= 0.6 is 0 Å². The lowest BCUT2D eigenvalue weighted by atomic mass is 10.3. The fourth-order valence-electron chi connectivity index (χ4n) is 1.90. The van der Waals surface area contributed by atoms with Crippen LogP contribution < -0.4 is 5.32 Å². The standard InChI is InChI=1S/C12H18N6O/c1-4-5-18-11(14-7-15-18)9(2)16-12(19)10-6-13-8-17(10)3/h6-9H,4-5H2,1-3H3,(H,16,19)/t9-/m0/s1. The van der Waals surface area contributed by atoms with E-state index in [2.05, 4.69) is 27.3 Å². The molecule has 102 valence electrons. The summed E-state index contributed by atoms with van der Waals surface area (Å²) in [5, 5.41) is 7.05. The highest BCUT2D eigenvalue weighted by Crippen LogP contribution is 2.10. The van der Waals surface area contributed by atoms with Gasteiger partial charge in [0.1, 0.15) is 17.8 Å². The quantitative estimate of drug-likeness (QED) is 0.869. The molecular weight excluding hydrogens is 244 g/mol. The van der Waals surface area contributed by atoms with Crippen molar-refractivity contribution in [3.8, 4) is 0 Å². The van der Waals surface area contributed by atoms with Gasteiger partial charge in [0.25, 0.3) is 5.91 Å². The summed E-state index contributed by atoms with van der Waals surface area (Å²) in [7, 11) is 1.78. The maximum Gasteiger partial charge on any atom is 0.270 e. The Morgan fingerprint density at radius 3 is 2.95 bits per heavy atom. The van der Waals surface area contributed by atoms with Gasteiger partial charge in [-0.1, -0.05) is 6.92 Å². The van der Waals surface area contributed by atoms with Crippen molar-refractivity contribution in [2.45, 2.75) is 32.9 Å². The lowest BCUT2D eigenvalue weighted by Crippen LogP contribution is -2.30. The van der Waals surface area contributed by atoms with E-state index in [-0.39, 0.29) is 11.9 Å². The number of rotatable bonds is 5. The van der Waals surface area contributed by atoms with E-state index in [0.717, 1.165) is 18.8 Å². The van der Waals surface area contributed by atoms with E-state index < -0.39 is 0 Å². The van der Waals surface area contributed by atoms with Crippen LogP contribution in [-0.2, 0) is 13.6 Å². The van der Waals surface area contributed by atoms with Crippen LogP contribution in [0.4, 0.5) is 0 Å². The maximum absolute atomic E-state index is 12.1. The van der Waals surface area contributed by atoms with E-state index in [1.807, 2.05) is 11.6 Å². The zero-order chi connectivity index (χ0) is 13.8. The van der Waals surface area contributed by atoms with Gasteiger partial charge in [-0.2, -0.15) is 5.10 Å². The molecule has 1 amide bonds. The highest BCUT2D eigenvalue weighted by Gasteiger charge is 2.17. The minimum Gasteiger partial charge on any atom is -0.341 e. The highest BCUT2D eigenvalue weighted by molar-refractivity contribution is 5.92. The number of nitrogens with one attached hydrogen (secondary N) is 1. The zero-order valence-electron chi connectivity index (χ0n) is 11.4. The maximum atomic E-state index is 12.1. The predicted molar refractivity (Wildman–Crippen MR) is 69.4 cm³/mol. The minimum absolute atomic E-state index is 0.168. The lowest BCUT2D eigenvalue weighted by Gasteiger charge is -2.14. The first kappa shape index (κ1) is 13.3. The summed E-state index contributed by atoms with van der Waals surface area (Å²) in [6.07, 6.45) is 5.62. The Bertz CT molecular complexity index is 558. The summed E-state index contributed by atoms with van der Waals surface area (Å²) in [6, 6.07) is -0.198. The summed E-state index contributed by atoms with van der Waals surface area (Å²) in [5.74, 6) is 0.593. The van der Waals surface area contributed by atoms with E-state index in [1.165, 1.54) is 6.33 Å². The second-order valence-electron chi connectivity index (χ2n) is 4.43. The van der Waals surface area contributed by atoms with Gasteiger partial charge in [0.05, 0.1) is 18.6 Å². The molecule has 7 nitrogen and oxygen atoms in total. The van der Waals surface area contributed by atoms with Gasteiger partial charge < -0.3 is 9.88 Å². The van der Waals surface area contributed by atoms with Crippen molar-refractivity contribution in [1.82, 2.24) is 29.6 Å². The zero-order valence-corrected chi connectivity index (χ0v) is 11.4. The van der Waals surface area contributed by atoms with Gasteiger partial charge in [-0.05, 0) is 13.3 Å². The van der Waals surface area contributed by atoms with Gasteiger partial charge in [-0.3, -0.25) is 4.79 Å². The number of hydrogen-bond donors (Lipinski definition) is 1. The normalized spacial score (nSPS) is 12.4. The Morgan fingerprint density at radius 1 is 1.53 bits per heavy atom. The molecule has 0 unspecified atom stereocenters. The van der Waals surface area contributed by atoms with Gasteiger partial charge in [-0.25, -0.2) is 14.6 Å². The molecule has 19 heavy (non-hydrogen) atoms. The van der Waals surface area contributed by atoms with Crippen molar-refractivity contribution < 1.29 is 4.79 Å². The molecule has 0 saturated carbocycles. The number of carbonyl (C=O) groups is 1. The van der Waals surface area contributed by atoms with Crippen molar-refractivity contribution in [3.05, 3.63) is 30.4 Å². The second kappa shape index (κ2) is 5.64. The number of imidazole rings is 1. The number of amides is 1. The Labute approximate surface area is 111 Å². The Morgan fingerprint density at radius 2 is 2.32 bits per heavy atom. The molecule has 0 aliphatic carbocycles. The van der Waals surface area contributed by atoms with Gasteiger partial charge in [-0.15, -0.1) is 0 Å². The molecule has 0 aliphatic heterocycles. The molecular formula is C12H18N6O. The molecule has 0 spiro atoms. The molecule has 0 aromatic carbocycles. The second-order valence-corrected chi connectivity index (χ2v) is 4.43. The SMILES string of the molecule is CCCn1ncnc1[C@H](C)NC(=O)c1cncn1C. The highest BCUT2D eigenvalue weighted by atomic mass is 16.2. The number of nitrogens with zero attached hydrogens (tertiary/aromatic N) is 5. The van der Waals surface area contributed by atoms with Crippen LogP contribution in [-0.4, -0.2) is 30.2 Å². The molecule has 7 heteroatoms. The van der Waals surface area contributed by atoms with Crippen molar-refractivity contribution in [2.24, 2.45) is 7.05 Å². The Balaban J connectivity index is 2.08. The summed E-state index contributed by atoms with van der Waals surface area (Å²) < 4.78 is 3.49. The van der Waals surface area contributed by atoms with Crippen LogP contribution in [0.3, 0.4) is 0 Å². The van der Waals surface area contributed by atoms with Crippen molar-refractivity contribution >= 4 is 5.91 Å². The average molecular weight is 262 g/mol. The molecule has 1 atom stereocenters. The summed E-state index contributed by atoms with van der Waals surface area (Å²) in [6.45, 7) is 4.76. The third-order valence-corrected chi connectivity index (χ3v) is 2.87. The molecule has 0 saturated heterocycles. The molecule has 0 radical (unpaired) electrons. The largest absolute Gasteiger partial charge is 0.341 e. The molecule has 2 rings (SSSR count). The van der Waals surface area contributed by atoms with Gasteiger partial charge in [0.2, 0.25) is 0 Å². The first-order chi connectivity index (χ1) is 9.13. The third-order valence-electron chi connectivity index (χ3n) is 2.87. The van der Waals surface area contributed by atoms with Gasteiger partial charge in [0.15, 0.2) is 0 Å². The van der Waals surface area contributed by atoms with Crippen LogP contribution in [0.1, 0.15) is 42.6 Å². The molecule has 2 aromatic rings. The molecule has 0 aliphatic rings. The molecule has 1 N–H and O–H groups in total. The van der Waals surface area contributed by atoms with Crippen LogP contribution in [0.25, 0.3) is 0 Å². The van der Waals surface area contributed by atoms with E-state index in [4.69, 9.17) is 0 Å². The number of aryl methyl sites for hydroxylation is 2. The first-order valence-corrected chi connectivity index (χ1v) is 6.28. The average Bonchev–Trinajstić information content (AvgIpc) is 2.98. The third kappa shape index (κ3) is 2.81. The van der Waals surface area contributed by atoms with E-state index in [0.29, 0.717) is 5.69 Å². The van der Waals surface area contributed by atoms with Crippen LogP contribution in [0.5, 0.6) is 0 Å². The monoisotopic (exact) mass is 262 g/mol. The van der Waals surface area contributed by atoms with Crippen molar-refractivity contribution in [3.63, 3.8) is 0 Å². The first-order valence-electron chi connectivity index (χ1n) is 6.28. The Hall–Kier alpha value is -2.18. The Kier molecular flexibility index (Phi) is 3.94. The van der Waals surface area contributed by atoms with E-state index in [1.54, 1.807) is 24.1 Å². The van der Waals surface area contributed by atoms with Crippen LogP contribution in [0.15, 0.2) is 18.9 Å². The molecule has 0 bridgehead atoms. The lowest BCUT2D eigenvalue weighted by molar-refractivity contribution is 0.0929. The van der Waals surface area contributed by atoms with Crippen molar-refractivity contribution in [1.29, 1.82) is 0 Å². The fourth-order valence-corrected chi connectivity index (χ4v) is 1.90. The van der Waals surface area contributed by atoms with E-state index >= 15 is 0 Å². The summed E-state index contributed by atoms with van der Waals surface area (Å²) in [5.41, 5.74) is 0.522.